The minimum Gasteiger partial charge on any atom is -0.355 e. The van der Waals surface area contributed by atoms with Crippen molar-refractivity contribution in [3.63, 3.8) is 0 Å². The smallest absolute Gasteiger partial charge is 0.251 e. The van der Waals surface area contributed by atoms with Crippen LogP contribution in [0.2, 0.25) is 0 Å². The van der Waals surface area contributed by atoms with Crippen molar-refractivity contribution in [2.45, 2.75) is 44.8 Å². The van der Waals surface area contributed by atoms with Crippen LogP contribution >= 0.6 is 0 Å². The molecule has 1 aromatic carbocycles. The van der Waals surface area contributed by atoms with E-state index >= 15 is 0 Å². The van der Waals surface area contributed by atoms with Crippen LogP contribution in [0.15, 0.2) is 24.3 Å². The summed E-state index contributed by atoms with van der Waals surface area (Å²) in [6.45, 7) is 4.25. The Morgan fingerprint density at radius 1 is 1.40 bits per heavy atom. The molecule has 0 aliphatic carbocycles. The Labute approximate surface area is 121 Å². The largest absolute Gasteiger partial charge is 0.355 e. The first-order valence-corrected chi connectivity index (χ1v) is 7.47. The van der Waals surface area contributed by atoms with E-state index in [1.807, 2.05) is 24.3 Å². The van der Waals surface area contributed by atoms with Gasteiger partial charge in [0.1, 0.15) is 0 Å². The molecule has 4 heteroatoms. The number of benzene rings is 1. The number of carbonyl (C=O) groups is 1. The Kier molecular flexibility index (Phi) is 5.56. The monoisotopic (exact) mass is 275 g/mol. The van der Waals surface area contributed by atoms with Crippen molar-refractivity contribution >= 4 is 5.91 Å². The normalized spacial score (nSPS) is 19.8. The standard InChI is InChI=1S/C16H25N3O/c1-12(10-15-4-3-9-18-15)19-11-13-5-7-14(8-6-13)16(20)17-2/h5-8,12,15,18-19H,3-4,9-11H2,1-2H3,(H,17,20). The first-order chi connectivity index (χ1) is 9.69. The van der Waals surface area contributed by atoms with Crippen LogP contribution < -0.4 is 16.0 Å². The molecule has 0 aromatic heterocycles. The molecule has 20 heavy (non-hydrogen) atoms. The third-order valence-corrected chi connectivity index (χ3v) is 3.90. The lowest BCUT2D eigenvalue weighted by atomic mass is 10.1. The molecular formula is C16H25N3O. The summed E-state index contributed by atoms with van der Waals surface area (Å²) < 4.78 is 0. The molecule has 0 spiro atoms. The molecule has 1 heterocycles. The summed E-state index contributed by atoms with van der Waals surface area (Å²) in [4.78, 5) is 11.5. The molecule has 1 saturated heterocycles. The Bertz CT molecular complexity index is 424. The van der Waals surface area contributed by atoms with E-state index in [9.17, 15) is 4.79 Å². The maximum atomic E-state index is 11.5. The molecule has 0 saturated carbocycles. The third kappa shape index (κ3) is 4.32. The van der Waals surface area contributed by atoms with Crippen LogP contribution in [0, 0.1) is 0 Å². The van der Waals surface area contributed by atoms with Gasteiger partial charge >= 0.3 is 0 Å². The van der Waals surface area contributed by atoms with E-state index < -0.39 is 0 Å². The minimum absolute atomic E-state index is 0.0369. The maximum Gasteiger partial charge on any atom is 0.251 e. The van der Waals surface area contributed by atoms with Crippen LogP contribution in [0.3, 0.4) is 0 Å². The number of rotatable bonds is 6. The average molecular weight is 275 g/mol. The molecule has 1 amide bonds. The lowest BCUT2D eigenvalue weighted by Gasteiger charge is -2.18. The molecule has 4 nitrogen and oxygen atoms in total. The summed E-state index contributed by atoms with van der Waals surface area (Å²) in [5.41, 5.74) is 1.92. The van der Waals surface area contributed by atoms with E-state index in [4.69, 9.17) is 0 Å². The SMILES string of the molecule is CNC(=O)c1ccc(CNC(C)CC2CCCN2)cc1. The summed E-state index contributed by atoms with van der Waals surface area (Å²) in [5, 5.41) is 9.71. The van der Waals surface area contributed by atoms with Gasteiger partial charge in [0.05, 0.1) is 0 Å². The summed E-state index contributed by atoms with van der Waals surface area (Å²) in [5.74, 6) is -0.0369. The van der Waals surface area contributed by atoms with E-state index in [-0.39, 0.29) is 5.91 Å². The first kappa shape index (κ1) is 15.0. The van der Waals surface area contributed by atoms with Gasteiger partial charge in [0.2, 0.25) is 0 Å². The van der Waals surface area contributed by atoms with Crippen LogP contribution in [0.25, 0.3) is 0 Å². The Morgan fingerprint density at radius 3 is 2.75 bits per heavy atom. The summed E-state index contributed by atoms with van der Waals surface area (Å²) in [6, 6.07) is 8.95. The second-order valence-electron chi connectivity index (χ2n) is 5.59. The summed E-state index contributed by atoms with van der Waals surface area (Å²) in [6.07, 6.45) is 3.78. The molecule has 1 aliphatic heterocycles. The zero-order valence-corrected chi connectivity index (χ0v) is 12.4. The quantitative estimate of drug-likeness (QED) is 0.740. The number of hydrogen-bond donors (Lipinski definition) is 3. The van der Waals surface area contributed by atoms with Gasteiger partial charge in [-0.25, -0.2) is 0 Å². The van der Waals surface area contributed by atoms with Crippen molar-refractivity contribution in [1.29, 1.82) is 0 Å². The van der Waals surface area contributed by atoms with Crippen molar-refractivity contribution in [3.8, 4) is 0 Å². The van der Waals surface area contributed by atoms with Gasteiger partial charge in [-0.05, 0) is 50.4 Å². The molecule has 1 aromatic rings. The van der Waals surface area contributed by atoms with Crippen LogP contribution in [0.1, 0.15) is 42.1 Å². The van der Waals surface area contributed by atoms with Gasteiger partial charge in [0.25, 0.3) is 5.91 Å². The Morgan fingerprint density at radius 2 is 2.15 bits per heavy atom. The average Bonchev–Trinajstić information content (AvgIpc) is 2.97. The highest BCUT2D eigenvalue weighted by atomic mass is 16.1. The van der Waals surface area contributed by atoms with Crippen molar-refractivity contribution in [1.82, 2.24) is 16.0 Å². The van der Waals surface area contributed by atoms with E-state index in [1.54, 1.807) is 7.05 Å². The molecule has 2 atom stereocenters. The highest BCUT2D eigenvalue weighted by Crippen LogP contribution is 2.11. The molecule has 110 valence electrons. The number of nitrogens with one attached hydrogen (secondary N) is 3. The van der Waals surface area contributed by atoms with Crippen molar-refractivity contribution < 1.29 is 4.79 Å². The van der Waals surface area contributed by atoms with E-state index in [2.05, 4.69) is 22.9 Å². The predicted octanol–water partition coefficient (Wildman–Crippen LogP) is 1.67. The molecule has 0 bridgehead atoms. The second kappa shape index (κ2) is 7.41. The lowest BCUT2D eigenvalue weighted by Crippen LogP contribution is -2.33. The van der Waals surface area contributed by atoms with E-state index in [1.165, 1.54) is 31.4 Å². The molecule has 0 radical (unpaired) electrons. The molecular weight excluding hydrogens is 250 g/mol. The van der Waals surface area contributed by atoms with E-state index in [0.29, 0.717) is 17.6 Å². The Balaban J connectivity index is 1.76. The van der Waals surface area contributed by atoms with Crippen LogP contribution in [0.5, 0.6) is 0 Å². The van der Waals surface area contributed by atoms with E-state index in [0.717, 1.165) is 6.54 Å². The summed E-state index contributed by atoms with van der Waals surface area (Å²) >= 11 is 0. The van der Waals surface area contributed by atoms with Gasteiger partial charge in [-0.15, -0.1) is 0 Å². The van der Waals surface area contributed by atoms with Crippen molar-refractivity contribution in [2.24, 2.45) is 0 Å². The first-order valence-electron chi connectivity index (χ1n) is 7.47. The molecule has 2 rings (SSSR count). The fraction of sp³-hybridized carbons (Fsp3) is 0.562. The van der Waals surface area contributed by atoms with Crippen molar-refractivity contribution in [2.75, 3.05) is 13.6 Å². The second-order valence-corrected chi connectivity index (χ2v) is 5.59. The third-order valence-electron chi connectivity index (χ3n) is 3.90. The highest BCUT2D eigenvalue weighted by Gasteiger charge is 2.16. The zero-order chi connectivity index (χ0) is 14.4. The molecule has 1 fully saturated rings. The lowest BCUT2D eigenvalue weighted by molar-refractivity contribution is 0.0963. The number of carbonyl (C=O) groups excluding carboxylic acids is 1. The highest BCUT2D eigenvalue weighted by molar-refractivity contribution is 5.93. The summed E-state index contributed by atoms with van der Waals surface area (Å²) in [7, 11) is 1.65. The van der Waals surface area contributed by atoms with Crippen LogP contribution in [-0.4, -0.2) is 31.6 Å². The molecule has 3 N–H and O–H groups in total. The van der Waals surface area contributed by atoms with Gasteiger partial charge in [-0.3, -0.25) is 4.79 Å². The van der Waals surface area contributed by atoms with Gasteiger partial charge in [-0.1, -0.05) is 12.1 Å². The van der Waals surface area contributed by atoms with Gasteiger partial charge in [0, 0.05) is 31.2 Å². The van der Waals surface area contributed by atoms with Crippen LogP contribution in [0.4, 0.5) is 0 Å². The van der Waals surface area contributed by atoms with Gasteiger partial charge in [-0.2, -0.15) is 0 Å². The fourth-order valence-electron chi connectivity index (χ4n) is 2.68. The van der Waals surface area contributed by atoms with Crippen molar-refractivity contribution in [3.05, 3.63) is 35.4 Å². The number of amides is 1. The van der Waals surface area contributed by atoms with Gasteiger partial charge in [0.15, 0.2) is 0 Å². The molecule has 1 aliphatic rings. The maximum absolute atomic E-state index is 11.5. The van der Waals surface area contributed by atoms with Gasteiger partial charge < -0.3 is 16.0 Å². The zero-order valence-electron chi connectivity index (χ0n) is 12.4. The van der Waals surface area contributed by atoms with Crippen LogP contribution in [-0.2, 0) is 6.54 Å². The number of hydrogen-bond acceptors (Lipinski definition) is 3. The predicted molar refractivity (Wildman–Crippen MR) is 81.8 cm³/mol. The molecule has 2 unspecified atom stereocenters. The Hall–Kier alpha value is -1.39. The topological polar surface area (TPSA) is 53.2 Å². The fourth-order valence-corrected chi connectivity index (χ4v) is 2.68. The minimum atomic E-state index is -0.0369.